The summed E-state index contributed by atoms with van der Waals surface area (Å²) in [5.74, 6) is 3.08. The molecule has 0 aliphatic carbocycles. The van der Waals surface area contributed by atoms with Crippen molar-refractivity contribution in [2.75, 3.05) is 37.7 Å². The van der Waals surface area contributed by atoms with Crippen LogP contribution >= 0.6 is 11.8 Å². The molecular formula is C22H34N2O3S. The second-order valence-electron chi connectivity index (χ2n) is 7.85. The lowest BCUT2D eigenvalue weighted by Crippen LogP contribution is -2.39. The highest BCUT2D eigenvalue weighted by Gasteiger charge is 2.18. The molecule has 1 fully saturated rings. The van der Waals surface area contributed by atoms with E-state index in [1.807, 2.05) is 30.0 Å². The first kappa shape index (κ1) is 22.8. The van der Waals surface area contributed by atoms with E-state index in [-0.39, 0.29) is 36.6 Å². The maximum absolute atomic E-state index is 12.4. The fourth-order valence-electron chi connectivity index (χ4n) is 3.25. The van der Waals surface area contributed by atoms with Gasteiger partial charge in [0.2, 0.25) is 5.91 Å². The second kappa shape index (κ2) is 11.5. The topological polar surface area (TPSA) is 58.6 Å². The number of ether oxygens (including phenoxy) is 1. The zero-order valence-corrected chi connectivity index (χ0v) is 18.4. The summed E-state index contributed by atoms with van der Waals surface area (Å²) in [6.07, 6.45) is 0.256. The molecule has 1 N–H and O–H groups in total. The summed E-state index contributed by atoms with van der Waals surface area (Å²) in [5, 5.41) is 2.91. The largest absolute Gasteiger partial charge is 0.426 e. The van der Waals surface area contributed by atoms with E-state index in [0.29, 0.717) is 12.3 Å². The Morgan fingerprint density at radius 2 is 1.68 bits per heavy atom. The first-order chi connectivity index (χ1) is 13.4. The number of para-hydroxylation sites is 1. The first-order valence-electron chi connectivity index (χ1n) is 10.3. The van der Waals surface area contributed by atoms with Crippen LogP contribution in [0.5, 0.6) is 5.75 Å². The van der Waals surface area contributed by atoms with Gasteiger partial charge >= 0.3 is 5.97 Å². The van der Waals surface area contributed by atoms with Gasteiger partial charge in [-0.15, -0.1) is 0 Å². The van der Waals surface area contributed by atoms with E-state index in [9.17, 15) is 9.59 Å². The highest BCUT2D eigenvalue weighted by molar-refractivity contribution is 7.99. The van der Waals surface area contributed by atoms with Gasteiger partial charge in [0, 0.05) is 44.1 Å². The molecule has 1 saturated heterocycles. The number of amides is 1. The van der Waals surface area contributed by atoms with Gasteiger partial charge in [0.05, 0.1) is 6.42 Å². The second-order valence-corrected chi connectivity index (χ2v) is 9.08. The summed E-state index contributed by atoms with van der Waals surface area (Å²) in [5.41, 5.74) is 2.06. The van der Waals surface area contributed by atoms with Crippen molar-refractivity contribution in [1.82, 2.24) is 10.2 Å². The number of thioether (sulfide) groups is 1. The van der Waals surface area contributed by atoms with Crippen LogP contribution in [0.1, 0.15) is 63.5 Å². The van der Waals surface area contributed by atoms with Crippen LogP contribution in [0.15, 0.2) is 18.2 Å². The molecule has 2 rings (SSSR count). The number of rotatable bonds is 9. The third kappa shape index (κ3) is 7.13. The number of carbonyl (C=O) groups excluding carboxylic acids is 2. The summed E-state index contributed by atoms with van der Waals surface area (Å²) >= 11 is 1.98. The monoisotopic (exact) mass is 406 g/mol. The van der Waals surface area contributed by atoms with Crippen molar-refractivity contribution in [2.45, 2.75) is 52.4 Å². The Balaban J connectivity index is 1.81. The standard InChI is InChI=1S/C22H34N2O3S/c1-16(2)18-6-5-7-19(17(3)4)22(18)27-21(26)9-8-20(25)23-10-11-24-12-14-28-15-13-24/h5-7,16-17H,8-15H2,1-4H3,(H,23,25). The Morgan fingerprint density at radius 1 is 1.07 bits per heavy atom. The summed E-state index contributed by atoms with van der Waals surface area (Å²) in [6, 6.07) is 6.02. The normalized spacial score (nSPS) is 15.1. The van der Waals surface area contributed by atoms with Crippen molar-refractivity contribution < 1.29 is 14.3 Å². The zero-order chi connectivity index (χ0) is 20.5. The van der Waals surface area contributed by atoms with Gasteiger partial charge in [-0.2, -0.15) is 11.8 Å². The summed E-state index contributed by atoms with van der Waals surface area (Å²) < 4.78 is 5.72. The van der Waals surface area contributed by atoms with Crippen LogP contribution in [0.2, 0.25) is 0 Å². The predicted molar refractivity (Wildman–Crippen MR) is 116 cm³/mol. The van der Waals surface area contributed by atoms with Crippen LogP contribution in [-0.2, 0) is 9.59 Å². The molecule has 1 amide bonds. The van der Waals surface area contributed by atoms with Gasteiger partial charge in [-0.25, -0.2) is 0 Å². The van der Waals surface area contributed by atoms with Gasteiger partial charge in [-0.3, -0.25) is 14.5 Å². The number of benzene rings is 1. The van der Waals surface area contributed by atoms with Crippen molar-refractivity contribution in [2.24, 2.45) is 0 Å². The highest BCUT2D eigenvalue weighted by Crippen LogP contribution is 2.34. The van der Waals surface area contributed by atoms with Crippen LogP contribution in [0.4, 0.5) is 0 Å². The zero-order valence-electron chi connectivity index (χ0n) is 17.6. The van der Waals surface area contributed by atoms with Crippen LogP contribution in [0.3, 0.4) is 0 Å². The summed E-state index contributed by atoms with van der Waals surface area (Å²) in [7, 11) is 0. The van der Waals surface area contributed by atoms with E-state index >= 15 is 0 Å². The highest BCUT2D eigenvalue weighted by atomic mass is 32.2. The molecule has 0 atom stereocenters. The lowest BCUT2D eigenvalue weighted by molar-refractivity contribution is -0.136. The molecule has 28 heavy (non-hydrogen) atoms. The Kier molecular flexibility index (Phi) is 9.32. The molecular weight excluding hydrogens is 372 g/mol. The quantitative estimate of drug-likeness (QED) is 0.499. The Bertz CT molecular complexity index is 629. The van der Waals surface area contributed by atoms with E-state index < -0.39 is 0 Å². The molecule has 1 aromatic rings. The van der Waals surface area contributed by atoms with Gasteiger partial charge in [0.15, 0.2) is 0 Å². The van der Waals surface area contributed by atoms with Crippen molar-refractivity contribution in [3.8, 4) is 5.75 Å². The van der Waals surface area contributed by atoms with E-state index in [1.165, 1.54) is 0 Å². The minimum absolute atomic E-state index is 0.0930. The molecule has 0 bridgehead atoms. The van der Waals surface area contributed by atoms with Gasteiger partial charge in [0.1, 0.15) is 5.75 Å². The third-order valence-electron chi connectivity index (χ3n) is 4.95. The molecule has 6 heteroatoms. The van der Waals surface area contributed by atoms with Crippen molar-refractivity contribution in [3.63, 3.8) is 0 Å². The molecule has 1 aliphatic rings. The summed E-state index contributed by atoms with van der Waals surface area (Å²) in [6.45, 7) is 12.0. The van der Waals surface area contributed by atoms with Crippen LogP contribution in [0.25, 0.3) is 0 Å². The molecule has 0 aromatic heterocycles. The van der Waals surface area contributed by atoms with Gasteiger partial charge in [-0.1, -0.05) is 45.9 Å². The first-order valence-corrected chi connectivity index (χ1v) is 11.4. The molecule has 1 aliphatic heterocycles. The number of nitrogens with one attached hydrogen (secondary N) is 1. The number of carbonyl (C=O) groups is 2. The summed E-state index contributed by atoms with van der Waals surface area (Å²) in [4.78, 5) is 26.8. The number of hydrogen-bond acceptors (Lipinski definition) is 5. The predicted octanol–water partition coefficient (Wildman–Crippen LogP) is 3.78. The molecule has 156 valence electrons. The number of esters is 1. The molecule has 1 heterocycles. The molecule has 1 aromatic carbocycles. The lowest BCUT2D eigenvalue weighted by atomic mass is 9.94. The fourth-order valence-corrected chi connectivity index (χ4v) is 4.23. The van der Waals surface area contributed by atoms with Crippen molar-refractivity contribution in [1.29, 1.82) is 0 Å². The van der Waals surface area contributed by atoms with Gasteiger partial charge in [-0.05, 0) is 23.0 Å². The van der Waals surface area contributed by atoms with Crippen molar-refractivity contribution in [3.05, 3.63) is 29.3 Å². The molecule has 0 radical (unpaired) electrons. The third-order valence-corrected chi connectivity index (χ3v) is 5.89. The Hall–Kier alpha value is -1.53. The van der Waals surface area contributed by atoms with E-state index in [0.717, 1.165) is 42.3 Å². The maximum atomic E-state index is 12.4. The van der Waals surface area contributed by atoms with Crippen LogP contribution in [-0.4, -0.2) is 54.5 Å². The average Bonchev–Trinajstić information content (AvgIpc) is 2.67. The number of hydrogen-bond donors (Lipinski definition) is 1. The Morgan fingerprint density at radius 3 is 2.25 bits per heavy atom. The van der Waals surface area contributed by atoms with Crippen LogP contribution < -0.4 is 10.1 Å². The average molecular weight is 407 g/mol. The lowest BCUT2D eigenvalue weighted by Gasteiger charge is -2.25. The van der Waals surface area contributed by atoms with Gasteiger partial charge in [0.25, 0.3) is 0 Å². The minimum atomic E-state index is -0.349. The molecule has 5 nitrogen and oxygen atoms in total. The van der Waals surface area contributed by atoms with Gasteiger partial charge < -0.3 is 10.1 Å². The SMILES string of the molecule is CC(C)c1cccc(C(C)C)c1OC(=O)CCC(=O)NCCN1CCSCC1. The Labute approximate surface area is 173 Å². The fraction of sp³-hybridized carbons (Fsp3) is 0.636. The molecule has 0 unspecified atom stereocenters. The molecule has 0 saturated carbocycles. The minimum Gasteiger partial charge on any atom is -0.426 e. The van der Waals surface area contributed by atoms with E-state index in [2.05, 4.69) is 37.9 Å². The number of nitrogens with zero attached hydrogens (tertiary/aromatic N) is 1. The molecule has 0 spiro atoms. The van der Waals surface area contributed by atoms with Crippen molar-refractivity contribution >= 4 is 23.6 Å². The smallest absolute Gasteiger partial charge is 0.311 e. The van der Waals surface area contributed by atoms with Crippen LogP contribution in [0, 0.1) is 0 Å². The van der Waals surface area contributed by atoms with E-state index in [1.54, 1.807) is 0 Å². The van der Waals surface area contributed by atoms with E-state index in [4.69, 9.17) is 4.74 Å². The maximum Gasteiger partial charge on any atom is 0.311 e.